The molecule has 0 saturated heterocycles. The minimum atomic E-state index is -1.03. The maximum atomic E-state index is 13.1. The lowest BCUT2D eigenvalue weighted by Crippen LogP contribution is -2.34. The van der Waals surface area contributed by atoms with Gasteiger partial charge in [0.15, 0.2) is 5.78 Å². The Morgan fingerprint density at radius 1 is 0.881 bits per heavy atom. The van der Waals surface area contributed by atoms with Crippen LogP contribution in [0.2, 0.25) is 5.02 Å². The van der Waals surface area contributed by atoms with Gasteiger partial charge >= 0.3 is 5.97 Å². The van der Waals surface area contributed by atoms with E-state index in [2.05, 4.69) is 5.32 Å². The second-order valence-corrected chi connectivity index (χ2v) is 10.1. The topological polar surface area (TPSA) is 95.9 Å². The van der Waals surface area contributed by atoms with Crippen molar-refractivity contribution in [1.82, 2.24) is 0 Å². The fraction of sp³-hybridized carbons (Fsp3) is 0.206. The number of benzene rings is 4. The summed E-state index contributed by atoms with van der Waals surface area (Å²) >= 11 is 6.35. The summed E-state index contributed by atoms with van der Waals surface area (Å²) in [6.45, 7) is 2.54. The zero-order valence-corrected chi connectivity index (χ0v) is 24.1. The van der Waals surface area contributed by atoms with Crippen LogP contribution in [0.25, 0.3) is 0 Å². The molecule has 0 bridgehead atoms. The molecule has 1 atom stereocenters. The number of halogens is 1. The molecular formula is C34H33ClN2O5. The Kier molecular flexibility index (Phi) is 10.7. The first-order valence-corrected chi connectivity index (χ1v) is 14.2. The fourth-order valence-electron chi connectivity index (χ4n) is 4.55. The lowest BCUT2D eigenvalue weighted by molar-refractivity contribution is -0.137. The molecule has 0 aliphatic heterocycles. The molecule has 2 N–H and O–H groups in total. The molecule has 0 spiro atoms. The summed E-state index contributed by atoms with van der Waals surface area (Å²) in [7, 11) is 0. The van der Waals surface area contributed by atoms with E-state index >= 15 is 0 Å². The van der Waals surface area contributed by atoms with Gasteiger partial charge < -0.3 is 20.1 Å². The molecule has 0 heterocycles. The monoisotopic (exact) mass is 584 g/mol. The van der Waals surface area contributed by atoms with E-state index in [1.807, 2.05) is 43.3 Å². The van der Waals surface area contributed by atoms with Crippen LogP contribution in [0, 0.1) is 0 Å². The average Bonchev–Trinajstić information content (AvgIpc) is 3.00. The Morgan fingerprint density at radius 2 is 1.55 bits per heavy atom. The number of carbonyl (C=O) groups is 3. The first-order chi connectivity index (χ1) is 20.4. The lowest BCUT2D eigenvalue weighted by atomic mass is 10.00. The van der Waals surface area contributed by atoms with Crippen molar-refractivity contribution in [1.29, 1.82) is 0 Å². The second-order valence-electron chi connectivity index (χ2n) is 9.72. The van der Waals surface area contributed by atoms with E-state index in [0.717, 1.165) is 12.0 Å². The summed E-state index contributed by atoms with van der Waals surface area (Å²) in [5.41, 5.74) is 2.82. The summed E-state index contributed by atoms with van der Waals surface area (Å²) in [4.78, 5) is 39.6. The summed E-state index contributed by atoms with van der Waals surface area (Å²) in [6.07, 6.45) is 1.32. The van der Waals surface area contributed by atoms with Crippen LogP contribution in [0.3, 0.4) is 0 Å². The Balaban J connectivity index is 1.39. The van der Waals surface area contributed by atoms with E-state index in [1.54, 1.807) is 71.6 Å². The van der Waals surface area contributed by atoms with E-state index in [1.165, 1.54) is 0 Å². The molecule has 4 aromatic rings. The third-order valence-corrected chi connectivity index (χ3v) is 7.01. The summed E-state index contributed by atoms with van der Waals surface area (Å²) < 4.78 is 5.91. The number of hydrogen-bond donors (Lipinski definition) is 2. The molecular weight excluding hydrogens is 552 g/mol. The number of nitrogens with one attached hydrogen (secondary N) is 1. The molecule has 0 aromatic heterocycles. The predicted octanol–water partition coefficient (Wildman–Crippen LogP) is 6.89. The van der Waals surface area contributed by atoms with Gasteiger partial charge in [0.25, 0.3) is 0 Å². The molecule has 4 rings (SSSR count). The van der Waals surface area contributed by atoms with Gasteiger partial charge in [-0.3, -0.25) is 9.59 Å². The third kappa shape index (κ3) is 7.98. The molecule has 8 heteroatoms. The van der Waals surface area contributed by atoms with Crippen LogP contribution < -0.4 is 15.0 Å². The van der Waals surface area contributed by atoms with Crippen molar-refractivity contribution < 1.29 is 24.2 Å². The van der Waals surface area contributed by atoms with Crippen LogP contribution in [0.5, 0.6) is 5.75 Å². The molecule has 7 nitrogen and oxygen atoms in total. The molecule has 1 amide bonds. The molecule has 216 valence electrons. The normalized spacial score (nSPS) is 11.4. The lowest BCUT2D eigenvalue weighted by Gasteiger charge is -2.24. The van der Waals surface area contributed by atoms with Gasteiger partial charge in [0, 0.05) is 29.7 Å². The van der Waals surface area contributed by atoms with Crippen molar-refractivity contribution in [2.75, 3.05) is 23.4 Å². The van der Waals surface area contributed by atoms with Gasteiger partial charge in [-0.05, 0) is 48.4 Å². The maximum Gasteiger partial charge on any atom is 0.326 e. The molecule has 0 radical (unpaired) electrons. The van der Waals surface area contributed by atoms with Gasteiger partial charge in [0.05, 0.1) is 17.3 Å². The van der Waals surface area contributed by atoms with Crippen molar-refractivity contribution in [2.45, 2.75) is 32.2 Å². The fourth-order valence-corrected chi connectivity index (χ4v) is 4.79. The highest BCUT2D eigenvalue weighted by Crippen LogP contribution is 2.26. The van der Waals surface area contributed by atoms with Crippen LogP contribution in [0.15, 0.2) is 103 Å². The Morgan fingerprint density at radius 3 is 2.24 bits per heavy atom. The largest absolute Gasteiger partial charge is 0.492 e. The number of ketones is 1. The van der Waals surface area contributed by atoms with Crippen molar-refractivity contribution in [3.8, 4) is 5.75 Å². The highest BCUT2D eigenvalue weighted by Gasteiger charge is 2.22. The van der Waals surface area contributed by atoms with Crippen molar-refractivity contribution >= 4 is 40.6 Å². The number of anilines is 2. The SMILES string of the molecule is CCCC(=O)N(CCOc1ccc(CC(Nc2ccccc2C(=O)c2ccccc2)C(=O)O)cc1)c1ccccc1Cl. The van der Waals surface area contributed by atoms with Crippen LogP contribution in [0.1, 0.15) is 41.3 Å². The number of aliphatic carboxylic acids is 1. The molecule has 4 aromatic carbocycles. The Labute approximate surface area is 250 Å². The van der Waals surface area contributed by atoms with E-state index in [0.29, 0.717) is 46.2 Å². The number of rotatable bonds is 14. The Hall–Kier alpha value is -4.62. The second kappa shape index (κ2) is 14.8. The molecule has 0 fully saturated rings. The number of carboxylic acids is 1. The number of amides is 1. The van der Waals surface area contributed by atoms with E-state index in [4.69, 9.17) is 16.3 Å². The highest BCUT2D eigenvalue weighted by atomic mass is 35.5. The van der Waals surface area contributed by atoms with Crippen molar-refractivity contribution in [3.05, 3.63) is 125 Å². The van der Waals surface area contributed by atoms with Crippen LogP contribution >= 0.6 is 11.6 Å². The van der Waals surface area contributed by atoms with Crippen LogP contribution in [-0.2, 0) is 16.0 Å². The van der Waals surface area contributed by atoms with E-state index < -0.39 is 12.0 Å². The number of ether oxygens (including phenoxy) is 1. The molecule has 0 saturated carbocycles. The van der Waals surface area contributed by atoms with Gasteiger partial charge in [-0.15, -0.1) is 0 Å². The Bertz CT molecular complexity index is 1510. The number of carboxylic acid groups (broad SMARTS) is 1. The summed E-state index contributed by atoms with van der Waals surface area (Å²) in [5, 5.41) is 13.5. The zero-order valence-electron chi connectivity index (χ0n) is 23.3. The minimum absolute atomic E-state index is 0.0243. The summed E-state index contributed by atoms with van der Waals surface area (Å²) in [6, 6.07) is 29.2. The number of nitrogens with zero attached hydrogens (tertiary/aromatic N) is 1. The first kappa shape index (κ1) is 30.3. The number of carbonyl (C=O) groups excluding carboxylic acids is 2. The van der Waals surface area contributed by atoms with Gasteiger partial charge in [0.2, 0.25) is 5.91 Å². The standard InChI is InChI=1S/C34H33ClN2O5/c1-2-10-32(38)37(31-16-9-7-14-28(31)35)21-22-42-26-19-17-24(18-20-26)23-30(34(40)41)36-29-15-8-6-13-27(29)33(39)25-11-4-3-5-12-25/h3-9,11-20,30,36H,2,10,21-23H2,1H3,(H,40,41). The predicted molar refractivity (Wildman–Crippen MR) is 166 cm³/mol. The van der Waals surface area contributed by atoms with Crippen LogP contribution in [-0.4, -0.2) is 42.0 Å². The maximum absolute atomic E-state index is 13.1. The molecule has 0 aliphatic rings. The smallest absolute Gasteiger partial charge is 0.326 e. The quantitative estimate of drug-likeness (QED) is 0.157. The molecule has 42 heavy (non-hydrogen) atoms. The van der Waals surface area contributed by atoms with Gasteiger partial charge in [-0.1, -0.05) is 85.3 Å². The molecule has 0 aliphatic carbocycles. The van der Waals surface area contributed by atoms with Gasteiger partial charge in [-0.25, -0.2) is 4.79 Å². The number of para-hydroxylation sites is 2. The average molecular weight is 585 g/mol. The van der Waals surface area contributed by atoms with E-state index in [9.17, 15) is 19.5 Å². The minimum Gasteiger partial charge on any atom is -0.492 e. The van der Waals surface area contributed by atoms with E-state index in [-0.39, 0.29) is 24.7 Å². The highest BCUT2D eigenvalue weighted by molar-refractivity contribution is 6.33. The van der Waals surface area contributed by atoms with Crippen molar-refractivity contribution in [3.63, 3.8) is 0 Å². The summed E-state index contributed by atoms with van der Waals surface area (Å²) in [5.74, 6) is -0.647. The molecule has 1 unspecified atom stereocenters. The number of hydrogen-bond acceptors (Lipinski definition) is 5. The van der Waals surface area contributed by atoms with Crippen molar-refractivity contribution in [2.24, 2.45) is 0 Å². The zero-order chi connectivity index (χ0) is 29.9. The van der Waals surface area contributed by atoms with Crippen LogP contribution in [0.4, 0.5) is 11.4 Å². The van der Waals surface area contributed by atoms with Gasteiger partial charge in [-0.2, -0.15) is 0 Å². The third-order valence-electron chi connectivity index (χ3n) is 6.69. The van der Waals surface area contributed by atoms with Gasteiger partial charge in [0.1, 0.15) is 18.4 Å². The first-order valence-electron chi connectivity index (χ1n) is 13.8.